The third-order valence-corrected chi connectivity index (χ3v) is 5.03. The quantitative estimate of drug-likeness (QED) is 0.784. The maximum atomic E-state index is 3.63. The van der Waals surface area contributed by atoms with Crippen molar-refractivity contribution in [1.82, 2.24) is 5.32 Å². The summed E-state index contributed by atoms with van der Waals surface area (Å²) in [5, 5.41) is 3.63. The van der Waals surface area contributed by atoms with Crippen molar-refractivity contribution in [3.8, 4) is 0 Å². The number of aryl methyl sites for hydroxylation is 2. The predicted molar refractivity (Wildman–Crippen MR) is 94.2 cm³/mol. The standard InChI is InChI=1S/C19H27NS/c1-13-11-17(15(3)21-13)12-20-14(2)16-7-9-18(10-8-16)19(4,5)6/h7-11,14,20H,12H2,1-6H3. The first-order valence-electron chi connectivity index (χ1n) is 7.67. The highest BCUT2D eigenvalue weighted by Crippen LogP contribution is 2.25. The fraction of sp³-hybridized carbons (Fsp3) is 0.474. The van der Waals surface area contributed by atoms with Gasteiger partial charge in [-0.3, -0.25) is 0 Å². The molecule has 0 amide bonds. The van der Waals surface area contributed by atoms with Crippen LogP contribution in [0.1, 0.15) is 60.2 Å². The molecule has 0 radical (unpaired) electrons. The van der Waals surface area contributed by atoms with E-state index in [-0.39, 0.29) is 5.41 Å². The van der Waals surface area contributed by atoms with Crippen molar-refractivity contribution >= 4 is 11.3 Å². The van der Waals surface area contributed by atoms with Crippen LogP contribution >= 0.6 is 11.3 Å². The fourth-order valence-corrected chi connectivity index (χ4v) is 3.46. The minimum atomic E-state index is 0.223. The lowest BCUT2D eigenvalue weighted by Crippen LogP contribution is -2.18. The second-order valence-corrected chi connectivity index (χ2v) is 8.37. The fourth-order valence-electron chi connectivity index (χ4n) is 2.51. The van der Waals surface area contributed by atoms with E-state index in [4.69, 9.17) is 0 Å². The molecule has 1 aromatic carbocycles. The van der Waals surface area contributed by atoms with Crippen LogP contribution in [0.2, 0.25) is 0 Å². The van der Waals surface area contributed by atoms with Gasteiger partial charge in [-0.25, -0.2) is 0 Å². The van der Waals surface area contributed by atoms with Crippen LogP contribution in [0, 0.1) is 13.8 Å². The highest BCUT2D eigenvalue weighted by atomic mass is 32.1. The molecule has 0 aliphatic carbocycles. The Kier molecular flexibility index (Phi) is 4.90. The number of nitrogens with one attached hydrogen (secondary N) is 1. The molecule has 0 bridgehead atoms. The van der Waals surface area contributed by atoms with Crippen molar-refractivity contribution in [1.29, 1.82) is 0 Å². The van der Waals surface area contributed by atoms with Gasteiger partial charge in [0.25, 0.3) is 0 Å². The number of hydrogen-bond acceptors (Lipinski definition) is 2. The number of benzene rings is 1. The van der Waals surface area contributed by atoms with E-state index < -0.39 is 0 Å². The SMILES string of the molecule is Cc1cc(CNC(C)c2ccc(C(C)(C)C)cc2)c(C)s1. The van der Waals surface area contributed by atoms with Crippen LogP contribution in [-0.2, 0) is 12.0 Å². The lowest BCUT2D eigenvalue weighted by atomic mass is 9.86. The smallest absolute Gasteiger partial charge is 0.0294 e. The molecule has 0 saturated carbocycles. The van der Waals surface area contributed by atoms with Crippen LogP contribution in [0.25, 0.3) is 0 Å². The molecule has 1 N–H and O–H groups in total. The zero-order valence-electron chi connectivity index (χ0n) is 14.1. The van der Waals surface area contributed by atoms with Gasteiger partial charge >= 0.3 is 0 Å². The second kappa shape index (κ2) is 6.33. The van der Waals surface area contributed by atoms with Crippen LogP contribution in [0.3, 0.4) is 0 Å². The largest absolute Gasteiger partial charge is 0.306 e. The molecule has 21 heavy (non-hydrogen) atoms. The minimum Gasteiger partial charge on any atom is -0.306 e. The molecule has 0 spiro atoms. The molecule has 2 aromatic rings. The first kappa shape index (κ1) is 16.3. The Labute approximate surface area is 133 Å². The van der Waals surface area contributed by atoms with E-state index >= 15 is 0 Å². The molecule has 1 heterocycles. The minimum absolute atomic E-state index is 0.223. The topological polar surface area (TPSA) is 12.0 Å². The first-order valence-corrected chi connectivity index (χ1v) is 8.49. The summed E-state index contributed by atoms with van der Waals surface area (Å²) in [6.45, 7) is 14.3. The Hall–Kier alpha value is -1.12. The van der Waals surface area contributed by atoms with Crippen molar-refractivity contribution in [3.63, 3.8) is 0 Å². The summed E-state index contributed by atoms with van der Waals surface area (Å²) in [5.74, 6) is 0. The van der Waals surface area contributed by atoms with E-state index in [1.807, 2.05) is 11.3 Å². The van der Waals surface area contributed by atoms with Crippen LogP contribution in [-0.4, -0.2) is 0 Å². The van der Waals surface area contributed by atoms with Gasteiger partial charge in [0.2, 0.25) is 0 Å². The van der Waals surface area contributed by atoms with Crippen molar-refractivity contribution in [3.05, 3.63) is 56.8 Å². The summed E-state index contributed by atoms with van der Waals surface area (Å²) in [6, 6.07) is 11.7. The Morgan fingerprint density at radius 3 is 2.19 bits per heavy atom. The molecule has 1 aromatic heterocycles. The lowest BCUT2D eigenvalue weighted by Gasteiger charge is -2.20. The summed E-state index contributed by atoms with van der Waals surface area (Å²) < 4.78 is 0. The van der Waals surface area contributed by atoms with Crippen molar-refractivity contribution in [2.45, 2.75) is 59.5 Å². The Morgan fingerprint density at radius 2 is 1.71 bits per heavy atom. The molecule has 1 nitrogen and oxygen atoms in total. The van der Waals surface area contributed by atoms with Gasteiger partial charge in [-0.1, -0.05) is 45.0 Å². The van der Waals surface area contributed by atoms with Gasteiger partial charge in [-0.15, -0.1) is 11.3 Å². The normalized spacial score (nSPS) is 13.4. The van der Waals surface area contributed by atoms with E-state index in [2.05, 4.69) is 77.2 Å². The van der Waals surface area contributed by atoms with Crippen LogP contribution in [0.5, 0.6) is 0 Å². The van der Waals surface area contributed by atoms with E-state index in [1.165, 1.54) is 26.4 Å². The maximum Gasteiger partial charge on any atom is 0.0294 e. The molecular formula is C19H27NS. The molecule has 114 valence electrons. The average Bonchev–Trinajstić information content (AvgIpc) is 2.73. The number of rotatable bonds is 4. The van der Waals surface area contributed by atoms with E-state index in [9.17, 15) is 0 Å². The van der Waals surface area contributed by atoms with Gasteiger partial charge in [0.1, 0.15) is 0 Å². The van der Waals surface area contributed by atoms with Gasteiger partial charge in [-0.05, 0) is 48.9 Å². The van der Waals surface area contributed by atoms with Crippen LogP contribution in [0.4, 0.5) is 0 Å². The average molecular weight is 301 g/mol. The van der Waals surface area contributed by atoms with Gasteiger partial charge in [0, 0.05) is 22.3 Å². The summed E-state index contributed by atoms with van der Waals surface area (Å²) in [7, 11) is 0. The van der Waals surface area contributed by atoms with E-state index in [0.29, 0.717) is 6.04 Å². The second-order valence-electron chi connectivity index (χ2n) is 6.91. The van der Waals surface area contributed by atoms with Gasteiger partial charge in [0.15, 0.2) is 0 Å². The third-order valence-electron chi connectivity index (χ3n) is 4.02. The highest BCUT2D eigenvalue weighted by Gasteiger charge is 2.14. The van der Waals surface area contributed by atoms with Crippen molar-refractivity contribution in [2.75, 3.05) is 0 Å². The molecule has 2 rings (SSSR count). The highest BCUT2D eigenvalue weighted by molar-refractivity contribution is 7.12. The summed E-state index contributed by atoms with van der Waals surface area (Å²) in [5.41, 5.74) is 4.39. The zero-order chi connectivity index (χ0) is 15.6. The molecule has 2 heteroatoms. The van der Waals surface area contributed by atoms with Crippen LogP contribution < -0.4 is 5.32 Å². The first-order chi connectivity index (χ1) is 9.77. The number of thiophene rings is 1. The summed E-state index contributed by atoms with van der Waals surface area (Å²) in [6.07, 6.45) is 0. The number of hydrogen-bond donors (Lipinski definition) is 1. The van der Waals surface area contributed by atoms with E-state index in [0.717, 1.165) is 6.54 Å². The molecule has 0 saturated heterocycles. The monoisotopic (exact) mass is 301 g/mol. The van der Waals surface area contributed by atoms with Gasteiger partial charge < -0.3 is 5.32 Å². The Balaban J connectivity index is 2.00. The lowest BCUT2D eigenvalue weighted by molar-refractivity contribution is 0.569. The molecule has 1 atom stereocenters. The van der Waals surface area contributed by atoms with Gasteiger partial charge in [-0.2, -0.15) is 0 Å². The molecule has 1 unspecified atom stereocenters. The third kappa shape index (κ3) is 4.18. The van der Waals surface area contributed by atoms with Crippen LogP contribution in [0.15, 0.2) is 30.3 Å². The predicted octanol–water partition coefficient (Wildman–Crippen LogP) is 5.51. The molecule has 0 aliphatic heterocycles. The summed E-state index contributed by atoms with van der Waals surface area (Å²) in [4.78, 5) is 2.82. The maximum absolute atomic E-state index is 3.63. The Bertz CT molecular complexity index is 587. The molecule has 0 aliphatic rings. The summed E-state index contributed by atoms with van der Waals surface area (Å²) >= 11 is 1.88. The zero-order valence-corrected chi connectivity index (χ0v) is 14.9. The molecule has 0 fully saturated rings. The van der Waals surface area contributed by atoms with E-state index in [1.54, 1.807) is 0 Å². The molecular weight excluding hydrogens is 274 g/mol. The van der Waals surface area contributed by atoms with Gasteiger partial charge in [0.05, 0.1) is 0 Å². The Morgan fingerprint density at radius 1 is 1.10 bits per heavy atom. The van der Waals surface area contributed by atoms with Crippen molar-refractivity contribution < 1.29 is 0 Å². The van der Waals surface area contributed by atoms with Crippen molar-refractivity contribution in [2.24, 2.45) is 0 Å².